The molecule has 0 bridgehead atoms. The number of hydrogen-bond acceptors (Lipinski definition) is 4. The third kappa shape index (κ3) is 5.59. The fourth-order valence-corrected chi connectivity index (χ4v) is 3.90. The minimum absolute atomic E-state index is 0.0654. The fourth-order valence-electron chi connectivity index (χ4n) is 3.57. The van der Waals surface area contributed by atoms with E-state index in [1.807, 2.05) is 49.4 Å². The molecule has 0 aromatic heterocycles. The van der Waals surface area contributed by atoms with Gasteiger partial charge in [-0.05, 0) is 48.9 Å². The Hall–Kier alpha value is -3.22. The zero-order chi connectivity index (χ0) is 23.4. The van der Waals surface area contributed by atoms with E-state index in [-0.39, 0.29) is 24.8 Å². The van der Waals surface area contributed by atoms with Crippen LogP contribution in [0.25, 0.3) is 0 Å². The number of ether oxygens (including phenoxy) is 1. The molecule has 3 aromatic rings. The first-order valence-corrected chi connectivity index (χ1v) is 11.2. The molecule has 1 heterocycles. The highest BCUT2D eigenvalue weighted by Crippen LogP contribution is 2.28. The van der Waals surface area contributed by atoms with Crippen LogP contribution in [0, 0.1) is 12.8 Å². The third-order valence-electron chi connectivity index (χ3n) is 5.43. The van der Waals surface area contributed by atoms with Gasteiger partial charge in [0.05, 0.1) is 21.7 Å². The lowest BCUT2D eigenvalue weighted by Crippen LogP contribution is -2.36. The van der Waals surface area contributed by atoms with Crippen molar-refractivity contribution in [2.45, 2.75) is 20.0 Å². The van der Waals surface area contributed by atoms with Gasteiger partial charge in [0.2, 0.25) is 11.8 Å². The zero-order valence-corrected chi connectivity index (χ0v) is 19.5. The van der Waals surface area contributed by atoms with Gasteiger partial charge in [0.1, 0.15) is 12.4 Å². The first kappa shape index (κ1) is 23.0. The highest BCUT2D eigenvalue weighted by molar-refractivity contribution is 6.42. The number of hydrazine groups is 1. The predicted octanol–water partition coefficient (Wildman–Crippen LogP) is 5.38. The van der Waals surface area contributed by atoms with Crippen LogP contribution >= 0.6 is 23.2 Å². The van der Waals surface area contributed by atoms with E-state index >= 15 is 0 Å². The van der Waals surface area contributed by atoms with Crippen LogP contribution in [0.3, 0.4) is 0 Å². The highest BCUT2D eigenvalue weighted by Gasteiger charge is 2.35. The van der Waals surface area contributed by atoms with Gasteiger partial charge in [-0.3, -0.25) is 20.4 Å². The highest BCUT2D eigenvalue weighted by atomic mass is 35.5. The molecule has 0 aliphatic carbocycles. The lowest BCUT2D eigenvalue weighted by atomic mass is 10.1. The molecule has 0 saturated carbocycles. The van der Waals surface area contributed by atoms with Crippen molar-refractivity contribution in [1.82, 2.24) is 5.43 Å². The van der Waals surface area contributed by atoms with E-state index in [0.717, 1.165) is 16.8 Å². The van der Waals surface area contributed by atoms with Gasteiger partial charge in [0, 0.05) is 18.7 Å². The number of nitrogens with zero attached hydrogens (tertiary/aromatic N) is 1. The lowest BCUT2D eigenvalue weighted by Gasteiger charge is -2.18. The van der Waals surface area contributed by atoms with Gasteiger partial charge in [0.15, 0.2) is 0 Å². The molecule has 0 spiro atoms. The third-order valence-corrected chi connectivity index (χ3v) is 6.17. The van der Waals surface area contributed by atoms with Gasteiger partial charge < -0.3 is 9.64 Å². The number of anilines is 2. The molecule has 1 saturated heterocycles. The zero-order valence-electron chi connectivity index (χ0n) is 18.0. The first-order valence-electron chi connectivity index (χ1n) is 10.5. The number of para-hydroxylation sites is 2. The van der Waals surface area contributed by atoms with Gasteiger partial charge in [-0.15, -0.1) is 0 Å². The summed E-state index contributed by atoms with van der Waals surface area (Å²) < 4.78 is 5.90. The Morgan fingerprint density at radius 2 is 1.82 bits per heavy atom. The molecule has 1 aliphatic heterocycles. The van der Waals surface area contributed by atoms with Crippen LogP contribution in [0.2, 0.25) is 10.0 Å². The Labute approximate surface area is 202 Å². The normalized spacial score (nSPS) is 15.4. The van der Waals surface area contributed by atoms with E-state index in [4.69, 9.17) is 27.9 Å². The van der Waals surface area contributed by atoms with Gasteiger partial charge >= 0.3 is 0 Å². The number of benzene rings is 3. The maximum atomic E-state index is 12.7. The van der Waals surface area contributed by atoms with Crippen LogP contribution in [-0.2, 0) is 16.2 Å². The number of carbonyl (C=O) groups is 2. The summed E-state index contributed by atoms with van der Waals surface area (Å²) in [4.78, 5) is 26.8. The minimum Gasteiger partial charge on any atom is -0.487 e. The molecule has 1 atom stereocenters. The van der Waals surface area contributed by atoms with Crippen molar-refractivity contribution in [2.75, 3.05) is 16.9 Å². The van der Waals surface area contributed by atoms with Gasteiger partial charge in [0.25, 0.3) is 0 Å². The van der Waals surface area contributed by atoms with E-state index < -0.39 is 5.92 Å². The molecule has 1 aliphatic rings. The molecular formula is C25H23Cl2N3O3. The second-order valence-corrected chi connectivity index (χ2v) is 8.70. The van der Waals surface area contributed by atoms with Crippen LogP contribution in [0.15, 0.2) is 66.7 Å². The van der Waals surface area contributed by atoms with Crippen LogP contribution in [-0.4, -0.2) is 18.4 Å². The molecule has 0 radical (unpaired) electrons. The number of aryl methyl sites for hydroxylation is 1. The Morgan fingerprint density at radius 3 is 2.58 bits per heavy atom. The number of nitrogens with one attached hydrogen (secondary N) is 2. The number of hydrogen-bond donors (Lipinski definition) is 2. The summed E-state index contributed by atoms with van der Waals surface area (Å²) in [5, 5.41) is 0.943. The van der Waals surface area contributed by atoms with E-state index in [2.05, 4.69) is 10.9 Å². The van der Waals surface area contributed by atoms with E-state index in [1.54, 1.807) is 29.2 Å². The summed E-state index contributed by atoms with van der Waals surface area (Å²) in [6, 6.07) is 20.3. The number of rotatable bonds is 7. The average molecular weight is 484 g/mol. The topological polar surface area (TPSA) is 70.7 Å². The largest absolute Gasteiger partial charge is 0.487 e. The Bertz CT molecular complexity index is 1170. The number of carbonyl (C=O) groups excluding carboxylic acids is 2. The standard InChI is InChI=1S/C25H23Cl2N3O3/c1-16-6-9-19(10-7-16)30-14-18(13-24(30)31)25(32)29-28-22-4-2-3-5-23(22)33-15-17-8-11-20(26)21(27)12-17/h2-12,18,28H,13-15H2,1H3,(H,29,32)/t18-/m1/s1. The monoisotopic (exact) mass is 483 g/mol. The van der Waals surface area contributed by atoms with Crippen molar-refractivity contribution in [3.8, 4) is 5.75 Å². The van der Waals surface area contributed by atoms with Crippen molar-refractivity contribution < 1.29 is 14.3 Å². The summed E-state index contributed by atoms with van der Waals surface area (Å²) in [5.74, 6) is -0.204. The van der Waals surface area contributed by atoms with E-state index in [1.165, 1.54) is 0 Å². The molecule has 2 N–H and O–H groups in total. The Morgan fingerprint density at radius 1 is 1.06 bits per heavy atom. The van der Waals surface area contributed by atoms with Crippen molar-refractivity contribution in [2.24, 2.45) is 5.92 Å². The fraction of sp³-hybridized carbons (Fsp3) is 0.200. The van der Waals surface area contributed by atoms with Crippen LogP contribution < -0.4 is 20.5 Å². The molecule has 1 fully saturated rings. The van der Waals surface area contributed by atoms with Crippen molar-refractivity contribution in [3.63, 3.8) is 0 Å². The molecular weight excluding hydrogens is 461 g/mol. The summed E-state index contributed by atoms with van der Waals surface area (Å²) in [5.41, 5.74) is 9.02. The maximum absolute atomic E-state index is 12.7. The lowest BCUT2D eigenvalue weighted by molar-refractivity contribution is -0.125. The summed E-state index contributed by atoms with van der Waals surface area (Å²) in [6.45, 7) is 2.61. The molecule has 4 rings (SSSR count). The number of amides is 2. The Kier molecular flexibility index (Phi) is 7.06. The smallest absolute Gasteiger partial charge is 0.243 e. The molecule has 3 aromatic carbocycles. The average Bonchev–Trinajstić information content (AvgIpc) is 3.21. The molecule has 170 valence electrons. The molecule has 33 heavy (non-hydrogen) atoms. The molecule has 2 amide bonds. The summed E-state index contributed by atoms with van der Waals surface area (Å²) >= 11 is 12.0. The van der Waals surface area contributed by atoms with Crippen LogP contribution in [0.5, 0.6) is 5.75 Å². The van der Waals surface area contributed by atoms with Crippen LogP contribution in [0.4, 0.5) is 11.4 Å². The van der Waals surface area contributed by atoms with E-state index in [0.29, 0.717) is 28.0 Å². The summed E-state index contributed by atoms with van der Waals surface area (Å²) in [6.07, 6.45) is 0.164. The maximum Gasteiger partial charge on any atom is 0.243 e. The number of halogens is 2. The van der Waals surface area contributed by atoms with Crippen molar-refractivity contribution in [3.05, 3.63) is 87.9 Å². The van der Waals surface area contributed by atoms with Gasteiger partial charge in [-0.25, -0.2) is 0 Å². The predicted molar refractivity (Wildman–Crippen MR) is 131 cm³/mol. The van der Waals surface area contributed by atoms with Gasteiger partial charge in [-0.1, -0.05) is 59.1 Å². The molecule has 8 heteroatoms. The SMILES string of the molecule is Cc1ccc(N2C[C@H](C(=O)NNc3ccccc3OCc3ccc(Cl)c(Cl)c3)CC2=O)cc1. The second kappa shape index (κ2) is 10.1. The minimum atomic E-state index is -0.449. The molecule has 6 nitrogen and oxygen atoms in total. The van der Waals surface area contributed by atoms with Crippen LogP contribution in [0.1, 0.15) is 17.5 Å². The van der Waals surface area contributed by atoms with Crippen molar-refractivity contribution >= 4 is 46.4 Å². The quantitative estimate of drug-likeness (QED) is 0.442. The Balaban J connectivity index is 1.35. The van der Waals surface area contributed by atoms with Gasteiger partial charge in [-0.2, -0.15) is 0 Å². The second-order valence-electron chi connectivity index (χ2n) is 7.89. The molecule has 0 unspecified atom stereocenters. The van der Waals surface area contributed by atoms with E-state index in [9.17, 15) is 9.59 Å². The van der Waals surface area contributed by atoms with Crippen molar-refractivity contribution in [1.29, 1.82) is 0 Å². The summed E-state index contributed by atoms with van der Waals surface area (Å²) in [7, 11) is 0. The first-order chi connectivity index (χ1) is 15.9.